The molecule has 3 N–H and O–H groups in total. The van der Waals surface area contributed by atoms with Gasteiger partial charge in [0.05, 0.1) is 25.4 Å². The van der Waals surface area contributed by atoms with Gasteiger partial charge in [0, 0.05) is 6.61 Å². The molecule has 0 aromatic heterocycles. The normalized spacial score (nSPS) is 14.8. The van der Waals surface area contributed by atoms with Crippen LogP contribution < -0.4 is 5.32 Å². The third-order valence-electron chi connectivity index (χ3n) is 3.67. The molecule has 0 aliphatic carbocycles. The minimum atomic E-state index is -1.23. The highest BCUT2D eigenvalue weighted by molar-refractivity contribution is 5.80. The van der Waals surface area contributed by atoms with Crippen molar-refractivity contribution in [2.45, 2.75) is 64.6 Å². The SMILES string of the molecule is C[C@H](O)[C@@H](CCOC[C@H](NC(=O)OC(C)(C)C)C(=O)O)OCc1ccccc1. The van der Waals surface area contributed by atoms with Crippen molar-refractivity contribution >= 4 is 12.1 Å². The first-order valence-electron chi connectivity index (χ1n) is 9.22. The lowest BCUT2D eigenvalue weighted by atomic mass is 10.1. The zero-order valence-electron chi connectivity index (χ0n) is 16.9. The fraction of sp³-hybridized carbons (Fsp3) is 0.600. The highest BCUT2D eigenvalue weighted by Crippen LogP contribution is 2.10. The number of aliphatic hydroxyl groups is 1. The summed E-state index contributed by atoms with van der Waals surface area (Å²) in [6.07, 6.45) is -1.61. The van der Waals surface area contributed by atoms with E-state index in [1.165, 1.54) is 0 Å². The number of benzene rings is 1. The minimum Gasteiger partial charge on any atom is -0.480 e. The van der Waals surface area contributed by atoms with E-state index >= 15 is 0 Å². The van der Waals surface area contributed by atoms with Gasteiger partial charge in [-0.2, -0.15) is 0 Å². The van der Waals surface area contributed by atoms with Crippen molar-refractivity contribution in [1.29, 1.82) is 0 Å². The molecule has 1 rings (SSSR count). The first-order valence-corrected chi connectivity index (χ1v) is 9.22. The second kappa shape index (κ2) is 11.6. The third-order valence-corrected chi connectivity index (χ3v) is 3.67. The monoisotopic (exact) mass is 397 g/mol. The fourth-order valence-corrected chi connectivity index (χ4v) is 2.27. The molecule has 8 nitrogen and oxygen atoms in total. The number of aliphatic carboxylic acids is 1. The molecule has 28 heavy (non-hydrogen) atoms. The van der Waals surface area contributed by atoms with Gasteiger partial charge in [0.1, 0.15) is 5.60 Å². The zero-order chi connectivity index (χ0) is 21.2. The predicted octanol–water partition coefficient (Wildman–Crippen LogP) is 2.34. The number of carbonyl (C=O) groups excluding carboxylic acids is 1. The fourth-order valence-electron chi connectivity index (χ4n) is 2.27. The maximum Gasteiger partial charge on any atom is 0.408 e. The van der Waals surface area contributed by atoms with Crippen LogP contribution in [0.4, 0.5) is 4.79 Å². The van der Waals surface area contributed by atoms with Gasteiger partial charge in [-0.1, -0.05) is 30.3 Å². The number of carboxylic acid groups (broad SMARTS) is 1. The number of amides is 1. The standard InChI is InChI=1S/C20H31NO7/c1-14(22)17(27-12-15-8-6-5-7-9-15)10-11-26-13-16(18(23)24)21-19(25)28-20(2,3)4/h5-9,14,16-17,22H,10-13H2,1-4H3,(H,21,25)(H,23,24)/t14-,16-,17+/m0/s1. The van der Waals surface area contributed by atoms with E-state index in [1.807, 2.05) is 30.3 Å². The molecule has 1 aromatic rings. The van der Waals surface area contributed by atoms with Gasteiger partial charge in [0.2, 0.25) is 0 Å². The quantitative estimate of drug-likeness (QED) is 0.491. The van der Waals surface area contributed by atoms with Crippen molar-refractivity contribution in [1.82, 2.24) is 5.32 Å². The molecule has 0 saturated carbocycles. The van der Waals surface area contributed by atoms with Crippen LogP contribution in [0.3, 0.4) is 0 Å². The number of carboxylic acids is 1. The molecule has 0 spiro atoms. The van der Waals surface area contributed by atoms with Crippen molar-refractivity contribution in [3.8, 4) is 0 Å². The van der Waals surface area contributed by atoms with Crippen LogP contribution in [0.2, 0.25) is 0 Å². The van der Waals surface area contributed by atoms with Crippen LogP contribution in [0.15, 0.2) is 30.3 Å². The van der Waals surface area contributed by atoms with Gasteiger partial charge in [-0.05, 0) is 39.7 Å². The second-order valence-electron chi connectivity index (χ2n) is 7.48. The molecule has 1 amide bonds. The highest BCUT2D eigenvalue weighted by Gasteiger charge is 2.24. The number of ether oxygens (including phenoxy) is 3. The zero-order valence-corrected chi connectivity index (χ0v) is 16.9. The van der Waals surface area contributed by atoms with Gasteiger partial charge in [-0.15, -0.1) is 0 Å². The Balaban J connectivity index is 2.40. The summed E-state index contributed by atoms with van der Waals surface area (Å²) in [6, 6.07) is 8.34. The van der Waals surface area contributed by atoms with Crippen molar-refractivity contribution < 1.29 is 34.0 Å². The summed E-state index contributed by atoms with van der Waals surface area (Å²) in [5, 5.41) is 21.3. The Morgan fingerprint density at radius 2 is 1.82 bits per heavy atom. The molecule has 0 radical (unpaired) electrons. The molecular formula is C20H31NO7. The summed E-state index contributed by atoms with van der Waals surface area (Å²) in [5.41, 5.74) is 0.260. The lowest BCUT2D eigenvalue weighted by molar-refractivity contribution is -0.141. The van der Waals surface area contributed by atoms with Crippen LogP contribution in [-0.4, -0.2) is 59.3 Å². The van der Waals surface area contributed by atoms with Gasteiger partial charge < -0.3 is 29.7 Å². The summed E-state index contributed by atoms with van der Waals surface area (Å²) in [4.78, 5) is 23.0. The molecule has 0 bridgehead atoms. The van der Waals surface area contributed by atoms with E-state index in [4.69, 9.17) is 14.2 Å². The molecular weight excluding hydrogens is 366 g/mol. The number of carbonyl (C=O) groups is 2. The number of aliphatic hydroxyl groups excluding tert-OH is 1. The Hall–Kier alpha value is -2.16. The first-order chi connectivity index (χ1) is 13.1. The van der Waals surface area contributed by atoms with Crippen molar-refractivity contribution in [3.63, 3.8) is 0 Å². The molecule has 0 unspecified atom stereocenters. The number of alkyl carbamates (subject to hydrolysis) is 1. The molecule has 0 heterocycles. The Morgan fingerprint density at radius 3 is 2.36 bits per heavy atom. The minimum absolute atomic E-state index is 0.171. The third kappa shape index (κ3) is 10.2. The predicted molar refractivity (Wildman–Crippen MR) is 103 cm³/mol. The summed E-state index contributed by atoms with van der Waals surface area (Å²) in [6.45, 7) is 6.98. The summed E-state index contributed by atoms with van der Waals surface area (Å²) in [7, 11) is 0. The van der Waals surface area contributed by atoms with E-state index < -0.39 is 35.9 Å². The van der Waals surface area contributed by atoms with Crippen LogP contribution in [-0.2, 0) is 25.6 Å². The van der Waals surface area contributed by atoms with Crippen LogP contribution in [0.5, 0.6) is 0 Å². The average molecular weight is 397 g/mol. The Kier molecular flexibility index (Phi) is 9.92. The maximum absolute atomic E-state index is 11.7. The molecule has 0 fully saturated rings. The lowest BCUT2D eigenvalue weighted by Gasteiger charge is -2.23. The highest BCUT2D eigenvalue weighted by atomic mass is 16.6. The number of hydrogen-bond acceptors (Lipinski definition) is 6. The van der Waals surface area contributed by atoms with E-state index in [0.717, 1.165) is 5.56 Å². The van der Waals surface area contributed by atoms with E-state index in [-0.39, 0.29) is 13.2 Å². The van der Waals surface area contributed by atoms with Crippen molar-refractivity contribution in [3.05, 3.63) is 35.9 Å². The van der Waals surface area contributed by atoms with Crippen molar-refractivity contribution in [2.24, 2.45) is 0 Å². The van der Waals surface area contributed by atoms with E-state index in [0.29, 0.717) is 13.0 Å². The topological polar surface area (TPSA) is 114 Å². The number of rotatable bonds is 11. The summed E-state index contributed by atoms with van der Waals surface area (Å²) in [5.74, 6) is -1.22. The summed E-state index contributed by atoms with van der Waals surface area (Å²) < 4.78 is 16.2. The largest absolute Gasteiger partial charge is 0.480 e. The smallest absolute Gasteiger partial charge is 0.408 e. The molecule has 8 heteroatoms. The van der Waals surface area contributed by atoms with Gasteiger partial charge in [0.25, 0.3) is 0 Å². The Morgan fingerprint density at radius 1 is 1.18 bits per heavy atom. The van der Waals surface area contributed by atoms with Gasteiger partial charge >= 0.3 is 12.1 Å². The first kappa shape index (κ1) is 23.9. The van der Waals surface area contributed by atoms with Gasteiger partial charge in [-0.25, -0.2) is 9.59 Å². The number of nitrogens with one attached hydrogen (secondary N) is 1. The number of hydrogen-bond donors (Lipinski definition) is 3. The molecule has 158 valence electrons. The van der Waals surface area contributed by atoms with E-state index in [9.17, 15) is 19.8 Å². The Labute approximate surface area is 165 Å². The molecule has 3 atom stereocenters. The maximum atomic E-state index is 11.7. The van der Waals surface area contributed by atoms with E-state index in [1.54, 1.807) is 27.7 Å². The second-order valence-corrected chi connectivity index (χ2v) is 7.48. The lowest BCUT2D eigenvalue weighted by Crippen LogP contribution is -2.46. The van der Waals surface area contributed by atoms with Crippen LogP contribution in [0.1, 0.15) is 39.7 Å². The molecule has 0 saturated heterocycles. The van der Waals surface area contributed by atoms with Crippen LogP contribution >= 0.6 is 0 Å². The van der Waals surface area contributed by atoms with Crippen LogP contribution in [0.25, 0.3) is 0 Å². The average Bonchev–Trinajstić information content (AvgIpc) is 2.58. The molecule has 0 aliphatic rings. The van der Waals surface area contributed by atoms with Gasteiger partial charge in [0.15, 0.2) is 6.04 Å². The van der Waals surface area contributed by atoms with Gasteiger partial charge in [-0.3, -0.25) is 0 Å². The van der Waals surface area contributed by atoms with Crippen molar-refractivity contribution in [2.75, 3.05) is 13.2 Å². The summed E-state index contributed by atoms with van der Waals surface area (Å²) >= 11 is 0. The van der Waals surface area contributed by atoms with Crippen LogP contribution in [0, 0.1) is 0 Å². The Bertz CT molecular complexity index is 598. The van der Waals surface area contributed by atoms with E-state index in [2.05, 4.69) is 5.32 Å². The molecule has 1 aromatic carbocycles. The molecule has 0 aliphatic heterocycles.